The minimum Gasteiger partial charge on any atom is -0.327 e. The third-order valence-corrected chi connectivity index (χ3v) is 4.37. The average Bonchev–Trinajstić information content (AvgIpc) is 3.01. The van der Waals surface area contributed by atoms with Gasteiger partial charge in [0.05, 0.1) is 0 Å². The lowest BCUT2D eigenvalue weighted by molar-refractivity contribution is 0.189. The van der Waals surface area contributed by atoms with Gasteiger partial charge in [-0.15, -0.1) is 0 Å². The van der Waals surface area contributed by atoms with Crippen molar-refractivity contribution in [2.75, 3.05) is 6.54 Å². The molecule has 1 aliphatic carbocycles. The number of hydrogen-bond donors (Lipinski definition) is 1. The Morgan fingerprint density at radius 1 is 1.27 bits per heavy atom. The maximum atomic E-state index is 6.16. The van der Waals surface area contributed by atoms with E-state index >= 15 is 0 Å². The third-order valence-electron chi connectivity index (χ3n) is 4.37. The number of nitrogens with zero attached hydrogens (tertiary/aromatic N) is 1. The maximum Gasteiger partial charge on any atom is 0.00960 e. The van der Waals surface area contributed by atoms with Crippen molar-refractivity contribution >= 4 is 0 Å². The fourth-order valence-electron chi connectivity index (χ4n) is 3.02. The summed E-state index contributed by atoms with van der Waals surface area (Å²) in [6.07, 6.45) is 8.07. The highest BCUT2D eigenvalue weighted by Crippen LogP contribution is 2.33. The number of nitrogens with two attached hydrogens (primary N) is 1. The van der Waals surface area contributed by atoms with E-state index in [0.29, 0.717) is 6.04 Å². The predicted molar refractivity (Wildman–Crippen MR) is 64.8 cm³/mol. The smallest absolute Gasteiger partial charge is 0.00960 e. The summed E-state index contributed by atoms with van der Waals surface area (Å²) in [6.45, 7) is 5.92. The molecule has 15 heavy (non-hydrogen) atoms. The van der Waals surface area contributed by atoms with E-state index in [-0.39, 0.29) is 0 Å². The molecule has 3 atom stereocenters. The second-order valence-electron chi connectivity index (χ2n) is 5.52. The van der Waals surface area contributed by atoms with Crippen molar-refractivity contribution < 1.29 is 0 Å². The van der Waals surface area contributed by atoms with Crippen LogP contribution in [0.5, 0.6) is 0 Å². The Bertz CT molecular complexity index is 201. The monoisotopic (exact) mass is 210 g/mol. The van der Waals surface area contributed by atoms with E-state index in [4.69, 9.17) is 5.73 Å². The van der Waals surface area contributed by atoms with Crippen molar-refractivity contribution in [1.82, 2.24) is 4.90 Å². The molecule has 1 heterocycles. The molecule has 2 fully saturated rings. The van der Waals surface area contributed by atoms with Gasteiger partial charge < -0.3 is 5.73 Å². The lowest BCUT2D eigenvalue weighted by atomic mass is 10.1. The average molecular weight is 210 g/mol. The molecule has 1 saturated carbocycles. The van der Waals surface area contributed by atoms with Crippen LogP contribution in [-0.2, 0) is 0 Å². The van der Waals surface area contributed by atoms with Crippen molar-refractivity contribution in [2.24, 2.45) is 11.7 Å². The van der Waals surface area contributed by atoms with E-state index in [1.165, 1.54) is 45.1 Å². The Morgan fingerprint density at radius 3 is 2.60 bits per heavy atom. The summed E-state index contributed by atoms with van der Waals surface area (Å²) in [6, 6.07) is 2.11. The first-order valence-electron chi connectivity index (χ1n) is 6.73. The summed E-state index contributed by atoms with van der Waals surface area (Å²) < 4.78 is 0. The molecule has 88 valence electrons. The number of likely N-dealkylation sites (tertiary alicyclic amines) is 1. The van der Waals surface area contributed by atoms with Crippen LogP contribution < -0.4 is 5.73 Å². The summed E-state index contributed by atoms with van der Waals surface area (Å²) in [7, 11) is 0. The first-order chi connectivity index (χ1) is 7.22. The molecule has 0 bridgehead atoms. The quantitative estimate of drug-likeness (QED) is 0.755. The Balaban J connectivity index is 1.76. The Kier molecular flexibility index (Phi) is 3.68. The van der Waals surface area contributed by atoms with Crippen LogP contribution in [0.3, 0.4) is 0 Å². The summed E-state index contributed by atoms with van der Waals surface area (Å²) >= 11 is 0. The molecule has 0 aromatic heterocycles. The molecular weight excluding hydrogens is 184 g/mol. The van der Waals surface area contributed by atoms with Crippen molar-refractivity contribution in [2.45, 2.75) is 70.5 Å². The Hall–Kier alpha value is -0.0800. The standard InChI is InChI=1S/C13H26N2/c1-3-12-7-4-10(2)15(12)9-8-13(14)11-5-6-11/h10-13H,3-9,14H2,1-2H3. The van der Waals surface area contributed by atoms with Crippen LogP contribution in [0.1, 0.15) is 52.4 Å². The summed E-state index contributed by atoms with van der Waals surface area (Å²) in [5.74, 6) is 0.864. The molecule has 3 unspecified atom stereocenters. The SMILES string of the molecule is CCC1CCC(C)N1CCC(N)C1CC1. The second kappa shape index (κ2) is 4.84. The lowest BCUT2D eigenvalue weighted by Crippen LogP contribution is -2.38. The van der Waals surface area contributed by atoms with Gasteiger partial charge in [-0.25, -0.2) is 0 Å². The Morgan fingerprint density at radius 2 is 2.00 bits per heavy atom. The van der Waals surface area contributed by atoms with Crippen molar-refractivity contribution in [3.05, 3.63) is 0 Å². The fourth-order valence-corrected chi connectivity index (χ4v) is 3.02. The van der Waals surface area contributed by atoms with Gasteiger partial charge in [0.15, 0.2) is 0 Å². The number of hydrogen-bond acceptors (Lipinski definition) is 2. The van der Waals surface area contributed by atoms with Gasteiger partial charge in [-0.2, -0.15) is 0 Å². The first kappa shape index (κ1) is 11.4. The van der Waals surface area contributed by atoms with Crippen molar-refractivity contribution in [3.8, 4) is 0 Å². The van der Waals surface area contributed by atoms with Gasteiger partial charge in [-0.05, 0) is 51.4 Å². The van der Waals surface area contributed by atoms with E-state index < -0.39 is 0 Å². The predicted octanol–water partition coefficient (Wildman–Crippen LogP) is 2.38. The zero-order chi connectivity index (χ0) is 10.8. The molecule has 0 aromatic carbocycles. The van der Waals surface area contributed by atoms with Gasteiger partial charge in [0.2, 0.25) is 0 Å². The molecule has 0 amide bonds. The van der Waals surface area contributed by atoms with Crippen LogP contribution >= 0.6 is 0 Å². The van der Waals surface area contributed by atoms with Gasteiger partial charge in [0.25, 0.3) is 0 Å². The van der Waals surface area contributed by atoms with Gasteiger partial charge in [-0.1, -0.05) is 6.92 Å². The van der Waals surface area contributed by atoms with E-state index in [2.05, 4.69) is 18.7 Å². The molecule has 2 nitrogen and oxygen atoms in total. The molecule has 2 N–H and O–H groups in total. The summed E-state index contributed by atoms with van der Waals surface area (Å²) in [4.78, 5) is 2.70. The van der Waals surface area contributed by atoms with Gasteiger partial charge >= 0.3 is 0 Å². The number of rotatable bonds is 5. The normalized spacial score (nSPS) is 34.6. The minimum absolute atomic E-state index is 0.482. The summed E-state index contributed by atoms with van der Waals surface area (Å²) in [5.41, 5.74) is 6.16. The van der Waals surface area contributed by atoms with E-state index in [1.807, 2.05) is 0 Å². The van der Waals surface area contributed by atoms with Crippen LogP contribution in [0.2, 0.25) is 0 Å². The zero-order valence-electron chi connectivity index (χ0n) is 10.3. The fraction of sp³-hybridized carbons (Fsp3) is 1.00. The van der Waals surface area contributed by atoms with E-state index in [9.17, 15) is 0 Å². The van der Waals surface area contributed by atoms with Crippen molar-refractivity contribution in [3.63, 3.8) is 0 Å². The molecule has 2 heteroatoms. The lowest BCUT2D eigenvalue weighted by Gasteiger charge is -2.28. The molecule has 2 rings (SSSR count). The van der Waals surface area contributed by atoms with Crippen molar-refractivity contribution in [1.29, 1.82) is 0 Å². The van der Waals surface area contributed by atoms with Gasteiger partial charge in [0, 0.05) is 24.7 Å². The van der Waals surface area contributed by atoms with Crippen LogP contribution in [-0.4, -0.2) is 29.6 Å². The van der Waals surface area contributed by atoms with Gasteiger partial charge in [0.1, 0.15) is 0 Å². The third kappa shape index (κ3) is 2.73. The topological polar surface area (TPSA) is 29.3 Å². The highest BCUT2D eigenvalue weighted by molar-refractivity contribution is 4.88. The van der Waals surface area contributed by atoms with E-state index in [1.54, 1.807) is 0 Å². The van der Waals surface area contributed by atoms with Crippen LogP contribution in [0.15, 0.2) is 0 Å². The minimum atomic E-state index is 0.482. The van der Waals surface area contributed by atoms with Crippen LogP contribution in [0, 0.1) is 5.92 Å². The zero-order valence-corrected chi connectivity index (χ0v) is 10.3. The summed E-state index contributed by atoms with van der Waals surface area (Å²) in [5, 5.41) is 0. The molecule has 0 spiro atoms. The molecule has 1 aliphatic heterocycles. The Labute approximate surface area is 94.2 Å². The second-order valence-corrected chi connectivity index (χ2v) is 5.52. The molecule has 0 radical (unpaired) electrons. The molecule has 2 aliphatic rings. The molecule has 0 aromatic rings. The van der Waals surface area contributed by atoms with Gasteiger partial charge in [-0.3, -0.25) is 4.90 Å². The molecule has 1 saturated heterocycles. The van der Waals surface area contributed by atoms with Crippen LogP contribution in [0.25, 0.3) is 0 Å². The highest BCUT2D eigenvalue weighted by atomic mass is 15.2. The largest absolute Gasteiger partial charge is 0.327 e. The first-order valence-corrected chi connectivity index (χ1v) is 6.73. The van der Waals surface area contributed by atoms with Crippen LogP contribution in [0.4, 0.5) is 0 Å². The van der Waals surface area contributed by atoms with E-state index in [0.717, 1.165) is 18.0 Å². The maximum absolute atomic E-state index is 6.16. The highest BCUT2D eigenvalue weighted by Gasteiger charge is 2.32. The molecular formula is C13H26N2.